The number of thioether (sulfide) groups is 2. The Morgan fingerprint density at radius 2 is 2.00 bits per heavy atom. The molecule has 0 amide bonds. The number of rotatable bonds is 3. The molecule has 1 N–H and O–H groups in total. The number of aliphatic hydroxyl groups is 1. The van der Waals surface area contributed by atoms with E-state index in [9.17, 15) is 0 Å². The van der Waals surface area contributed by atoms with Gasteiger partial charge in [-0.1, -0.05) is 47.8 Å². The Kier molecular flexibility index (Phi) is 4.11. The third-order valence-electron chi connectivity index (χ3n) is 2.13. The van der Waals surface area contributed by atoms with Crippen molar-refractivity contribution in [2.24, 2.45) is 4.99 Å². The van der Waals surface area contributed by atoms with Gasteiger partial charge in [0.15, 0.2) is 0 Å². The summed E-state index contributed by atoms with van der Waals surface area (Å²) >= 11 is 3.64. The first-order valence-corrected chi connectivity index (χ1v) is 6.84. The zero-order valence-electron chi connectivity index (χ0n) is 8.35. The van der Waals surface area contributed by atoms with Crippen molar-refractivity contribution < 1.29 is 5.11 Å². The summed E-state index contributed by atoms with van der Waals surface area (Å²) in [5.74, 6) is 2.10. The molecule has 0 fully saturated rings. The molecular formula is C11H13NOS2. The number of aliphatic hydroxyl groups excluding tert-OH is 1. The van der Waals surface area contributed by atoms with Gasteiger partial charge in [0.2, 0.25) is 0 Å². The zero-order valence-corrected chi connectivity index (χ0v) is 9.98. The molecule has 0 radical (unpaired) electrons. The van der Waals surface area contributed by atoms with Gasteiger partial charge in [-0.15, -0.1) is 0 Å². The van der Waals surface area contributed by atoms with E-state index in [4.69, 9.17) is 5.11 Å². The molecule has 1 aliphatic heterocycles. The average molecular weight is 239 g/mol. The highest BCUT2D eigenvalue weighted by atomic mass is 32.2. The smallest absolute Gasteiger partial charge is 0.124 e. The van der Waals surface area contributed by atoms with E-state index < -0.39 is 0 Å². The normalized spacial score (nSPS) is 15.4. The highest BCUT2D eigenvalue weighted by Gasteiger charge is 2.07. The van der Waals surface area contributed by atoms with Crippen molar-refractivity contribution in [3.63, 3.8) is 0 Å². The van der Waals surface area contributed by atoms with Crippen LogP contribution in [0.1, 0.15) is 11.1 Å². The standard InChI is InChI=1S/C11H13NOS2/c13-7-9-1-3-10(4-2-9)8-15-11-12-5-6-14-11/h1-4,13H,5-8H2. The van der Waals surface area contributed by atoms with Crippen LogP contribution in [0.5, 0.6) is 0 Å². The molecule has 1 aromatic rings. The van der Waals surface area contributed by atoms with Crippen molar-refractivity contribution >= 4 is 27.9 Å². The maximum atomic E-state index is 8.90. The predicted octanol–water partition coefficient (Wildman–Crippen LogP) is 2.51. The Bertz CT molecular complexity index is 348. The molecule has 0 saturated carbocycles. The molecular weight excluding hydrogens is 226 g/mol. The van der Waals surface area contributed by atoms with Crippen LogP contribution in [0.3, 0.4) is 0 Å². The van der Waals surface area contributed by atoms with Gasteiger partial charge < -0.3 is 5.11 Å². The summed E-state index contributed by atoms with van der Waals surface area (Å²) in [4.78, 5) is 4.39. The maximum absolute atomic E-state index is 8.90. The Balaban J connectivity index is 1.87. The van der Waals surface area contributed by atoms with Crippen LogP contribution < -0.4 is 0 Å². The van der Waals surface area contributed by atoms with E-state index in [1.165, 1.54) is 9.94 Å². The van der Waals surface area contributed by atoms with Crippen LogP contribution in [0.2, 0.25) is 0 Å². The number of aliphatic imine (C=N–C) groups is 1. The van der Waals surface area contributed by atoms with Crippen molar-refractivity contribution in [1.82, 2.24) is 0 Å². The molecule has 2 rings (SSSR count). The Hall–Kier alpha value is -0.450. The summed E-state index contributed by atoms with van der Waals surface area (Å²) in [5.41, 5.74) is 2.25. The first-order valence-electron chi connectivity index (χ1n) is 4.87. The molecule has 4 heteroatoms. The summed E-state index contributed by atoms with van der Waals surface area (Å²) < 4.78 is 1.21. The van der Waals surface area contributed by atoms with Crippen LogP contribution in [0.4, 0.5) is 0 Å². The summed E-state index contributed by atoms with van der Waals surface area (Å²) in [6.07, 6.45) is 0. The maximum Gasteiger partial charge on any atom is 0.124 e. The van der Waals surface area contributed by atoms with Gasteiger partial charge in [0.1, 0.15) is 4.38 Å². The minimum atomic E-state index is 0.121. The Labute approximate surface area is 98.2 Å². The molecule has 0 atom stereocenters. The number of nitrogens with zero attached hydrogens (tertiary/aromatic N) is 1. The number of hydrogen-bond donors (Lipinski definition) is 1. The lowest BCUT2D eigenvalue weighted by atomic mass is 10.2. The largest absolute Gasteiger partial charge is 0.392 e. The van der Waals surface area contributed by atoms with Crippen molar-refractivity contribution in [1.29, 1.82) is 0 Å². The topological polar surface area (TPSA) is 32.6 Å². The molecule has 2 nitrogen and oxygen atoms in total. The minimum Gasteiger partial charge on any atom is -0.392 e. The molecule has 0 aromatic heterocycles. The van der Waals surface area contributed by atoms with E-state index in [0.29, 0.717) is 0 Å². The lowest BCUT2D eigenvalue weighted by Crippen LogP contribution is -1.87. The van der Waals surface area contributed by atoms with Crippen LogP contribution in [0.25, 0.3) is 0 Å². The second-order valence-electron chi connectivity index (χ2n) is 3.26. The van der Waals surface area contributed by atoms with Gasteiger partial charge in [0, 0.05) is 11.5 Å². The molecule has 15 heavy (non-hydrogen) atoms. The van der Waals surface area contributed by atoms with E-state index in [1.807, 2.05) is 23.9 Å². The fourth-order valence-electron chi connectivity index (χ4n) is 1.29. The summed E-state index contributed by atoms with van der Waals surface area (Å²) in [6.45, 7) is 1.09. The van der Waals surface area contributed by atoms with E-state index >= 15 is 0 Å². The average Bonchev–Trinajstić information content (AvgIpc) is 2.80. The van der Waals surface area contributed by atoms with Crippen molar-refractivity contribution in [2.75, 3.05) is 12.3 Å². The molecule has 0 bridgehead atoms. The molecule has 0 saturated heterocycles. The monoisotopic (exact) mass is 239 g/mol. The molecule has 0 spiro atoms. The van der Waals surface area contributed by atoms with E-state index in [-0.39, 0.29) is 6.61 Å². The van der Waals surface area contributed by atoms with Gasteiger partial charge in [-0.05, 0) is 11.1 Å². The van der Waals surface area contributed by atoms with Crippen LogP contribution in [-0.2, 0) is 12.4 Å². The lowest BCUT2D eigenvalue weighted by Gasteiger charge is -2.02. The van der Waals surface area contributed by atoms with Gasteiger partial charge in [0.25, 0.3) is 0 Å². The molecule has 0 unspecified atom stereocenters. The van der Waals surface area contributed by atoms with Gasteiger partial charge >= 0.3 is 0 Å². The van der Waals surface area contributed by atoms with Crippen LogP contribution in [0.15, 0.2) is 29.3 Å². The van der Waals surface area contributed by atoms with Gasteiger partial charge in [-0.3, -0.25) is 4.99 Å². The Morgan fingerprint density at radius 3 is 2.60 bits per heavy atom. The number of hydrogen-bond acceptors (Lipinski definition) is 4. The highest BCUT2D eigenvalue weighted by molar-refractivity contribution is 8.38. The fraction of sp³-hybridized carbons (Fsp3) is 0.364. The fourth-order valence-corrected chi connectivity index (χ4v) is 3.25. The second-order valence-corrected chi connectivity index (χ2v) is 5.57. The lowest BCUT2D eigenvalue weighted by molar-refractivity contribution is 0.282. The van der Waals surface area contributed by atoms with Crippen molar-refractivity contribution in [2.45, 2.75) is 12.4 Å². The van der Waals surface area contributed by atoms with Crippen molar-refractivity contribution in [3.05, 3.63) is 35.4 Å². The molecule has 1 heterocycles. The van der Waals surface area contributed by atoms with Gasteiger partial charge in [0.05, 0.1) is 13.2 Å². The quantitative estimate of drug-likeness (QED) is 0.879. The van der Waals surface area contributed by atoms with Crippen molar-refractivity contribution in [3.8, 4) is 0 Å². The first kappa shape index (κ1) is 11.0. The number of benzene rings is 1. The van der Waals surface area contributed by atoms with Crippen LogP contribution >= 0.6 is 23.5 Å². The van der Waals surface area contributed by atoms with Crippen LogP contribution in [-0.4, -0.2) is 21.8 Å². The van der Waals surface area contributed by atoms with E-state index in [2.05, 4.69) is 17.1 Å². The third-order valence-corrected chi connectivity index (χ3v) is 4.45. The SMILES string of the molecule is OCc1ccc(CSC2=NCCS2)cc1. The summed E-state index contributed by atoms with van der Waals surface area (Å²) in [6, 6.07) is 8.08. The van der Waals surface area contributed by atoms with Gasteiger partial charge in [-0.2, -0.15) is 0 Å². The van der Waals surface area contributed by atoms with E-state index in [1.54, 1.807) is 11.8 Å². The minimum absolute atomic E-state index is 0.121. The predicted molar refractivity (Wildman–Crippen MR) is 68.4 cm³/mol. The highest BCUT2D eigenvalue weighted by Crippen LogP contribution is 2.25. The molecule has 1 aliphatic rings. The summed E-state index contributed by atoms with van der Waals surface area (Å²) in [5, 5.41) is 8.90. The van der Waals surface area contributed by atoms with Crippen LogP contribution in [0, 0.1) is 0 Å². The Morgan fingerprint density at radius 1 is 1.27 bits per heavy atom. The third kappa shape index (κ3) is 3.26. The van der Waals surface area contributed by atoms with E-state index in [0.717, 1.165) is 23.6 Å². The molecule has 0 aliphatic carbocycles. The molecule has 1 aromatic carbocycles. The van der Waals surface area contributed by atoms with Gasteiger partial charge in [-0.25, -0.2) is 0 Å². The first-order chi connectivity index (χ1) is 7.38. The summed E-state index contributed by atoms with van der Waals surface area (Å²) in [7, 11) is 0. The second kappa shape index (κ2) is 5.58. The molecule has 80 valence electrons. The zero-order chi connectivity index (χ0) is 10.5.